The van der Waals surface area contributed by atoms with E-state index in [-0.39, 0.29) is 12.2 Å². The first-order chi connectivity index (χ1) is 10.0. The molecule has 0 heterocycles. The number of carboxylic acids is 1. The standard InChI is InChI=1S/C16H23NO5/c1-9-6-7-11(13(18)10(9)2)8-12(14(19)20)17-15(21)22-16(3,4)5/h6-7,12,18H,8H2,1-5H3,(H,17,21)(H,19,20). The molecule has 6 nitrogen and oxygen atoms in total. The molecule has 0 aliphatic rings. The summed E-state index contributed by atoms with van der Waals surface area (Å²) in [5.74, 6) is -1.14. The molecule has 1 aromatic carbocycles. The molecule has 0 aliphatic carbocycles. The van der Waals surface area contributed by atoms with Gasteiger partial charge in [-0.3, -0.25) is 0 Å². The molecule has 1 aromatic rings. The van der Waals surface area contributed by atoms with Gasteiger partial charge >= 0.3 is 12.1 Å². The third-order valence-electron chi connectivity index (χ3n) is 3.20. The highest BCUT2D eigenvalue weighted by molar-refractivity contribution is 5.80. The molecule has 6 heteroatoms. The van der Waals surface area contributed by atoms with E-state index >= 15 is 0 Å². The summed E-state index contributed by atoms with van der Waals surface area (Å²) < 4.78 is 5.05. The summed E-state index contributed by atoms with van der Waals surface area (Å²) in [7, 11) is 0. The summed E-state index contributed by atoms with van der Waals surface area (Å²) in [6.45, 7) is 8.68. The van der Waals surface area contributed by atoms with Gasteiger partial charge in [0.2, 0.25) is 0 Å². The maximum Gasteiger partial charge on any atom is 0.408 e. The number of hydrogen-bond acceptors (Lipinski definition) is 4. The Balaban J connectivity index is 2.88. The Morgan fingerprint density at radius 2 is 1.86 bits per heavy atom. The van der Waals surface area contributed by atoms with Gasteiger partial charge in [-0.25, -0.2) is 9.59 Å². The number of amides is 1. The second-order valence-corrected chi connectivity index (χ2v) is 6.26. The SMILES string of the molecule is Cc1ccc(CC(NC(=O)OC(C)(C)C)C(=O)O)c(O)c1C. The summed E-state index contributed by atoms with van der Waals surface area (Å²) in [4.78, 5) is 23.0. The van der Waals surface area contributed by atoms with E-state index in [4.69, 9.17) is 4.74 Å². The minimum atomic E-state index is -1.19. The monoisotopic (exact) mass is 309 g/mol. The van der Waals surface area contributed by atoms with Gasteiger partial charge in [-0.05, 0) is 51.3 Å². The molecule has 22 heavy (non-hydrogen) atoms. The maximum atomic E-state index is 11.7. The van der Waals surface area contributed by atoms with Crippen LogP contribution in [0, 0.1) is 13.8 Å². The second-order valence-electron chi connectivity index (χ2n) is 6.26. The molecule has 1 rings (SSSR count). The Bertz CT molecular complexity index is 575. The first-order valence-electron chi connectivity index (χ1n) is 7.01. The van der Waals surface area contributed by atoms with Crippen molar-refractivity contribution in [1.29, 1.82) is 0 Å². The molecule has 3 N–H and O–H groups in total. The Morgan fingerprint density at radius 3 is 2.36 bits per heavy atom. The largest absolute Gasteiger partial charge is 0.507 e. The van der Waals surface area contributed by atoms with Crippen LogP contribution in [0.5, 0.6) is 5.75 Å². The molecule has 0 bridgehead atoms. The summed E-state index contributed by atoms with van der Waals surface area (Å²) in [5.41, 5.74) is 1.36. The Hall–Kier alpha value is -2.24. The van der Waals surface area contributed by atoms with Crippen molar-refractivity contribution in [2.24, 2.45) is 0 Å². The van der Waals surface area contributed by atoms with Crippen molar-refractivity contribution in [3.63, 3.8) is 0 Å². The van der Waals surface area contributed by atoms with E-state index in [1.54, 1.807) is 39.8 Å². The molecular weight excluding hydrogens is 286 g/mol. The number of phenolic OH excluding ortho intramolecular Hbond substituents is 1. The Labute approximate surface area is 130 Å². The van der Waals surface area contributed by atoms with Gasteiger partial charge in [-0.15, -0.1) is 0 Å². The number of aromatic hydroxyl groups is 1. The van der Waals surface area contributed by atoms with Gasteiger partial charge in [-0.1, -0.05) is 12.1 Å². The number of ether oxygens (including phenoxy) is 1. The van der Waals surface area contributed by atoms with E-state index in [2.05, 4.69) is 5.32 Å². The number of carbonyl (C=O) groups excluding carboxylic acids is 1. The number of nitrogens with one attached hydrogen (secondary N) is 1. The van der Waals surface area contributed by atoms with Gasteiger partial charge in [-0.2, -0.15) is 0 Å². The molecule has 0 spiro atoms. The minimum Gasteiger partial charge on any atom is -0.507 e. The van der Waals surface area contributed by atoms with E-state index in [1.165, 1.54) is 0 Å². The summed E-state index contributed by atoms with van der Waals surface area (Å²) in [5, 5.41) is 21.6. The number of carbonyl (C=O) groups is 2. The molecule has 0 saturated carbocycles. The first-order valence-corrected chi connectivity index (χ1v) is 7.01. The Morgan fingerprint density at radius 1 is 1.27 bits per heavy atom. The van der Waals surface area contributed by atoms with Gasteiger partial charge in [0.25, 0.3) is 0 Å². The highest BCUT2D eigenvalue weighted by Gasteiger charge is 2.25. The van der Waals surface area contributed by atoms with Crippen molar-refractivity contribution in [1.82, 2.24) is 5.32 Å². The maximum absolute atomic E-state index is 11.7. The van der Waals surface area contributed by atoms with Crippen LogP contribution in [0.4, 0.5) is 4.79 Å². The van der Waals surface area contributed by atoms with Crippen molar-refractivity contribution in [3.8, 4) is 5.75 Å². The van der Waals surface area contributed by atoms with Crippen LogP contribution < -0.4 is 5.32 Å². The lowest BCUT2D eigenvalue weighted by Gasteiger charge is -2.22. The van der Waals surface area contributed by atoms with Crippen molar-refractivity contribution in [2.45, 2.75) is 52.7 Å². The number of carboxylic acid groups (broad SMARTS) is 1. The molecule has 0 aliphatic heterocycles. The molecule has 0 fully saturated rings. The van der Waals surface area contributed by atoms with E-state index in [0.29, 0.717) is 11.1 Å². The minimum absolute atomic E-state index is 0.0263. The van der Waals surface area contributed by atoms with Crippen LogP contribution in [0.2, 0.25) is 0 Å². The van der Waals surface area contributed by atoms with Crippen molar-refractivity contribution in [3.05, 3.63) is 28.8 Å². The molecule has 1 amide bonds. The van der Waals surface area contributed by atoms with Crippen LogP contribution >= 0.6 is 0 Å². The third-order valence-corrected chi connectivity index (χ3v) is 3.20. The fraction of sp³-hybridized carbons (Fsp3) is 0.500. The lowest BCUT2D eigenvalue weighted by Crippen LogP contribution is -2.44. The number of rotatable bonds is 4. The van der Waals surface area contributed by atoms with Crippen LogP contribution in [-0.2, 0) is 16.0 Å². The zero-order chi connectivity index (χ0) is 17.1. The molecular formula is C16H23NO5. The van der Waals surface area contributed by atoms with Gasteiger partial charge in [0.1, 0.15) is 17.4 Å². The second kappa shape index (κ2) is 6.68. The van der Waals surface area contributed by atoms with Crippen LogP contribution in [0.15, 0.2) is 12.1 Å². The zero-order valence-corrected chi connectivity index (χ0v) is 13.6. The van der Waals surface area contributed by atoms with Crippen LogP contribution in [0.25, 0.3) is 0 Å². The predicted octanol–water partition coefficient (Wildman–Crippen LogP) is 2.53. The lowest BCUT2D eigenvalue weighted by atomic mass is 9.99. The number of benzene rings is 1. The van der Waals surface area contributed by atoms with E-state index in [0.717, 1.165) is 5.56 Å². The number of alkyl carbamates (subject to hydrolysis) is 1. The van der Waals surface area contributed by atoms with Crippen LogP contribution in [-0.4, -0.2) is 33.9 Å². The molecule has 1 atom stereocenters. The zero-order valence-electron chi connectivity index (χ0n) is 13.6. The highest BCUT2D eigenvalue weighted by Crippen LogP contribution is 2.26. The quantitative estimate of drug-likeness (QED) is 0.794. The van der Waals surface area contributed by atoms with Gasteiger partial charge in [0.05, 0.1) is 0 Å². The van der Waals surface area contributed by atoms with Crippen LogP contribution in [0.1, 0.15) is 37.5 Å². The van der Waals surface area contributed by atoms with E-state index in [9.17, 15) is 19.8 Å². The lowest BCUT2D eigenvalue weighted by molar-refractivity contribution is -0.139. The Kier molecular flexibility index (Phi) is 5.41. The third kappa shape index (κ3) is 4.95. The normalized spacial score (nSPS) is 12.6. The highest BCUT2D eigenvalue weighted by atomic mass is 16.6. The molecule has 0 radical (unpaired) electrons. The van der Waals surface area contributed by atoms with E-state index in [1.807, 2.05) is 6.92 Å². The topological polar surface area (TPSA) is 95.9 Å². The van der Waals surface area contributed by atoms with Gasteiger partial charge < -0.3 is 20.3 Å². The molecule has 0 saturated heterocycles. The molecule has 122 valence electrons. The summed E-state index contributed by atoms with van der Waals surface area (Å²) in [6, 6.07) is 2.28. The average Bonchev–Trinajstić information content (AvgIpc) is 2.36. The molecule has 1 unspecified atom stereocenters. The number of hydrogen-bond donors (Lipinski definition) is 3. The summed E-state index contributed by atoms with van der Waals surface area (Å²) >= 11 is 0. The number of phenols is 1. The fourth-order valence-corrected chi connectivity index (χ4v) is 1.89. The van der Waals surface area contributed by atoms with Gasteiger partial charge in [0.15, 0.2) is 0 Å². The van der Waals surface area contributed by atoms with Crippen molar-refractivity contribution < 1.29 is 24.5 Å². The van der Waals surface area contributed by atoms with Crippen LogP contribution in [0.3, 0.4) is 0 Å². The smallest absolute Gasteiger partial charge is 0.408 e. The molecule has 0 aromatic heterocycles. The first kappa shape index (κ1) is 17.8. The van der Waals surface area contributed by atoms with E-state index < -0.39 is 23.7 Å². The predicted molar refractivity (Wildman–Crippen MR) is 82.1 cm³/mol. The van der Waals surface area contributed by atoms with Crippen molar-refractivity contribution >= 4 is 12.1 Å². The average molecular weight is 309 g/mol. The van der Waals surface area contributed by atoms with Gasteiger partial charge in [0, 0.05) is 6.42 Å². The summed E-state index contributed by atoms with van der Waals surface area (Å²) in [6.07, 6.45) is -0.829. The fourth-order valence-electron chi connectivity index (χ4n) is 1.89. The number of aryl methyl sites for hydroxylation is 1. The van der Waals surface area contributed by atoms with Crippen molar-refractivity contribution in [2.75, 3.05) is 0 Å². The number of aliphatic carboxylic acids is 1.